The molecule has 1 aromatic carbocycles. The van der Waals surface area contributed by atoms with Crippen LogP contribution in [0.3, 0.4) is 0 Å². The number of hydrogen-bond acceptors (Lipinski definition) is 9. The van der Waals surface area contributed by atoms with Crippen LogP contribution in [0, 0.1) is 6.92 Å². The quantitative estimate of drug-likeness (QED) is 0.527. The lowest BCUT2D eigenvalue weighted by Gasteiger charge is -2.58. The number of amidine groups is 1. The number of benzene rings is 1. The van der Waals surface area contributed by atoms with Gasteiger partial charge in [-0.2, -0.15) is 10.6 Å². The summed E-state index contributed by atoms with van der Waals surface area (Å²) in [6.07, 6.45) is 1.78. The number of rotatable bonds is 3. The molecule has 2 atom stereocenters. The van der Waals surface area contributed by atoms with Crippen molar-refractivity contribution in [3.8, 4) is 11.6 Å². The van der Waals surface area contributed by atoms with Crippen LogP contribution in [0.4, 0.5) is 5.69 Å². The van der Waals surface area contributed by atoms with Crippen LogP contribution in [0.2, 0.25) is 0 Å². The van der Waals surface area contributed by atoms with Crippen LogP contribution >= 0.6 is 10.6 Å². The zero-order chi connectivity index (χ0) is 24.2. The summed E-state index contributed by atoms with van der Waals surface area (Å²) in [5.41, 5.74) is 6.90. The van der Waals surface area contributed by atoms with Gasteiger partial charge in [-0.3, -0.25) is 18.9 Å². The van der Waals surface area contributed by atoms with Crippen LogP contribution in [0.15, 0.2) is 29.4 Å². The molecule has 0 bridgehead atoms. The molecule has 1 amide bonds. The zero-order valence-electron chi connectivity index (χ0n) is 19.2. The summed E-state index contributed by atoms with van der Waals surface area (Å²) >= 11 is 0. The SMILES string of the molecule is COc1cnc(C(=O)Nc2ccc3c(c2)[C@@]2(C)N=C(N)C(C)(C)S(O)(O)[C@@H]2CCO3)c(C)n1. The number of amides is 1. The monoisotopic (exact) mass is 475 g/mol. The van der Waals surface area contributed by atoms with Crippen LogP contribution in [0.25, 0.3) is 0 Å². The summed E-state index contributed by atoms with van der Waals surface area (Å²) in [4.78, 5) is 26.0. The van der Waals surface area contributed by atoms with Crippen LogP contribution in [0.1, 0.15) is 48.9 Å². The van der Waals surface area contributed by atoms with E-state index in [1.807, 2.05) is 6.92 Å². The van der Waals surface area contributed by atoms with E-state index in [0.717, 1.165) is 0 Å². The minimum absolute atomic E-state index is 0.168. The third-order valence-electron chi connectivity index (χ3n) is 6.51. The molecule has 0 unspecified atom stereocenters. The van der Waals surface area contributed by atoms with Gasteiger partial charge in [0.15, 0.2) is 0 Å². The fraction of sp³-hybridized carbons (Fsp3) is 0.455. The molecular weight excluding hydrogens is 446 g/mol. The van der Waals surface area contributed by atoms with Gasteiger partial charge < -0.3 is 20.5 Å². The second-order valence-corrected chi connectivity index (χ2v) is 11.7. The lowest BCUT2D eigenvalue weighted by molar-refractivity contribution is 0.102. The van der Waals surface area contributed by atoms with Gasteiger partial charge in [0.25, 0.3) is 5.91 Å². The minimum Gasteiger partial charge on any atom is -0.493 e. The van der Waals surface area contributed by atoms with Gasteiger partial charge in [0, 0.05) is 17.7 Å². The van der Waals surface area contributed by atoms with Gasteiger partial charge in [-0.05, 0) is 45.9 Å². The van der Waals surface area contributed by atoms with Crippen LogP contribution in [-0.2, 0) is 5.54 Å². The Bertz CT molecular complexity index is 1150. The number of nitrogens with one attached hydrogen (secondary N) is 1. The van der Waals surface area contributed by atoms with Crippen molar-refractivity contribution < 1.29 is 23.4 Å². The van der Waals surface area contributed by atoms with Crippen molar-refractivity contribution >= 4 is 28.0 Å². The normalized spacial score (nSPS) is 25.9. The Morgan fingerprint density at radius 3 is 2.73 bits per heavy atom. The second kappa shape index (κ2) is 7.86. The number of nitrogens with two attached hydrogens (primary N) is 1. The summed E-state index contributed by atoms with van der Waals surface area (Å²) in [5.74, 6) is 0.619. The van der Waals surface area contributed by atoms with Crippen molar-refractivity contribution in [3.63, 3.8) is 0 Å². The maximum Gasteiger partial charge on any atom is 0.276 e. The molecule has 2 aliphatic heterocycles. The van der Waals surface area contributed by atoms with Crippen LogP contribution < -0.4 is 20.5 Å². The van der Waals surface area contributed by atoms with Gasteiger partial charge in [0.2, 0.25) is 5.88 Å². The Labute approximate surface area is 194 Å². The lowest BCUT2D eigenvalue weighted by Crippen LogP contribution is -2.56. The molecule has 33 heavy (non-hydrogen) atoms. The van der Waals surface area contributed by atoms with E-state index in [-0.39, 0.29) is 11.5 Å². The van der Waals surface area contributed by atoms with E-state index < -0.39 is 32.0 Å². The molecule has 0 aliphatic carbocycles. The van der Waals surface area contributed by atoms with Crippen molar-refractivity contribution in [2.45, 2.75) is 49.7 Å². The fourth-order valence-corrected chi connectivity index (χ4v) is 6.65. The number of aliphatic imine (C=N–C) groups is 1. The molecule has 11 heteroatoms. The van der Waals surface area contributed by atoms with E-state index in [0.29, 0.717) is 41.6 Å². The number of carbonyl (C=O) groups excluding carboxylic acids is 1. The average Bonchev–Trinajstić information content (AvgIpc) is 2.89. The summed E-state index contributed by atoms with van der Waals surface area (Å²) in [5, 5.41) is 2.23. The van der Waals surface area contributed by atoms with Gasteiger partial charge in [0.1, 0.15) is 27.6 Å². The van der Waals surface area contributed by atoms with Gasteiger partial charge in [0.05, 0.1) is 30.9 Å². The molecule has 0 saturated heterocycles. The van der Waals surface area contributed by atoms with E-state index in [4.69, 9.17) is 20.2 Å². The van der Waals surface area contributed by atoms with E-state index in [1.165, 1.54) is 13.3 Å². The largest absolute Gasteiger partial charge is 0.493 e. The summed E-state index contributed by atoms with van der Waals surface area (Å²) in [6, 6.07) is 5.19. The first kappa shape index (κ1) is 23.3. The third kappa shape index (κ3) is 3.60. The van der Waals surface area contributed by atoms with E-state index in [2.05, 4.69) is 15.3 Å². The number of aryl methyl sites for hydroxylation is 1. The fourth-order valence-electron chi connectivity index (χ4n) is 4.34. The smallest absolute Gasteiger partial charge is 0.276 e. The highest BCUT2D eigenvalue weighted by molar-refractivity contribution is 8.26. The standard InChI is InChI=1S/C22H29N5O5S/c1-12-18(24-11-17(25-12)31-5)19(28)26-13-6-7-15-14(10-13)22(4)16(8-9-32-15)33(29,30)21(2,3)20(23)27-22/h6-7,10-11,16,29-30H,8-9H2,1-5H3,(H2,23,27)(H,26,28)/t16-,22-/m1/s1. The van der Waals surface area contributed by atoms with Crippen molar-refractivity contribution in [1.82, 2.24) is 9.97 Å². The van der Waals surface area contributed by atoms with E-state index in [1.54, 1.807) is 39.0 Å². The van der Waals surface area contributed by atoms with Crippen molar-refractivity contribution in [2.24, 2.45) is 10.7 Å². The number of fused-ring (bicyclic) bond motifs is 3. The predicted molar refractivity (Wildman–Crippen MR) is 128 cm³/mol. The first-order valence-electron chi connectivity index (χ1n) is 10.5. The van der Waals surface area contributed by atoms with Crippen molar-refractivity contribution in [2.75, 3.05) is 19.0 Å². The topological polar surface area (TPSA) is 152 Å². The van der Waals surface area contributed by atoms with Gasteiger partial charge in [-0.1, -0.05) is 0 Å². The first-order valence-corrected chi connectivity index (χ1v) is 12.1. The number of nitrogens with zero attached hydrogens (tertiary/aromatic N) is 3. The Kier molecular flexibility index (Phi) is 5.54. The second-order valence-electron chi connectivity index (χ2n) is 8.88. The summed E-state index contributed by atoms with van der Waals surface area (Å²) < 4.78 is 32.4. The highest BCUT2D eigenvalue weighted by atomic mass is 32.3. The molecule has 0 saturated carbocycles. The molecule has 0 radical (unpaired) electrons. The Morgan fingerprint density at radius 2 is 2.06 bits per heavy atom. The third-order valence-corrected chi connectivity index (χ3v) is 9.71. The lowest BCUT2D eigenvalue weighted by atomic mass is 9.86. The molecule has 10 nitrogen and oxygen atoms in total. The average molecular weight is 476 g/mol. The number of hydrogen-bond donors (Lipinski definition) is 4. The van der Waals surface area contributed by atoms with Gasteiger partial charge in [-0.15, -0.1) is 0 Å². The molecule has 5 N–H and O–H groups in total. The molecule has 0 fully saturated rings. The highest BCUT2D eigenvalue weighted by Gasteiger charge is 2.57. The Hall–Kier alpha value is -2.89. The first-order chi connectivity index (χ1) is 15.4. The molecule has 2 aliphatic rings. The maximum atomic E-state index is 12.9. The predicted octanol–water partition coefficient (Wildman–Crippen LogP) is 3.31. The van der Waals surface area contributed by atoms with Crippen molar-refractivity contribution in [3.05, 3.63) is 41.3 Å². The van der Waals surface area contributed by atoms with Crippen LogP contribution in [-0.4, -0.2) is 54.5 Å². The zero-order valence-corrected chi connectivity index (χ0v) is 20.1. The molecule has 3 heterocycles. The van der Waals surface area contributed by atoms with Gasteiger partial charge in [-0.25, -0.2) is 9.97 Å². The number of methoxy groups -OCH3 is 1. The molecule has 0 spiro atoms. The van der Waals surface area contributed by atoms with Gasteiger partial charge >= 0.3 is 0 Å². The molecular formula is C22H29N5O5S. The number of carbonyl (C=O) groups is 1. The molecule has 4 rings (SSSR count). The molecule has 2 aromatic rings. The number of aromatic nitrogens is 2. The maximum absolute atomic E-state index is 12.9. The van der Waals surface area contributed by atoms with Crippen LogP contribution in [0.5, 0.6) is 11.6 Å². The summed E-state index contributed by atoms with van der Waals surface area (Å²) in [7, 11) is -1.70. The molecule has 1 aromatic heterocycles. The van der Waals surface area contributed by atoms with E-state index in [9.17, 15) is 13.9 Å². The summed E-state index contributed by atoms with van der Waals surface area (Å²) in [6.45, 7) is 7.20. The highest BCUT2D eigenvalue weighted by Crippen LogP contribution is 2.66. The minimum atomic E-state index is -3.18. The molecule has 178 valence electrons. The number of anilines is 1. The van der Waals surface area contributed by atoms with E-state index >= 15 is 0 Å². The Balaban J connectivity index is 1.74. The number of ether oxygens (including phenoxy) is 2. The Morgan fingerprint density at radius 1 is 1.33 bits per heavy atom. The van der Waals surface area contributed by atoms with Crippen molar-refractivity contribution in [1.29, 1.82) is 0 Å².